The Bertz CT molecular complexity index is 220. The zero-order valence-corrected chi connectivity index (χ0v) is 10.1. The minimum Gasteiger partial charge on any atom is -0.337 e. The van der Waals surface area contributed by atoms with E-state index in [1.54, 1.807) is 0 Å². The van der Waals surface area contributed by atoms with Crippen LogP contribution < -0.4 is 5.73 Å². The number of nitrogens with zero attached hydrogens (tertiary/aromatic N) is 2. The third-order valence-electron chi connectivity index (χ3n) is 3.36. The van der Waals surface area contributed by atoms with E-state index in [1.807, 2.05) is 11.9 Å². The van der Waals surface area contributed by atoms with E-state index in [-0.39, 0.29) is 5.91 Å². The van der Waals surface area contributed by atoms with Crippen LogP contribution in [0.4, 0.5) is 0 Å². The Kier molecular flexibility index (Phi) is 4.54. The van der Waals surface area contributed by atoms with Crippen molar-refractivity contribution in [3.63, 3.8) is 0 Å². The predicted molar refractivity (Wildman–Crippen MR) is 61.6 cm³/mol. The van der Waals surface area contributed by atoms with Gasteiger partial charge in [-0.2, -0.15) is 0 Å². The van der Waals surface area contributed by atoms with Crippen molar-refractivity contribution < 1.29 is 4.79 Å². The molecule has 1 aliphatic heterocycles. The van der Waals surface area contributed by atoms with Crippen LogP contribution >= 0.6 is 0 Å². The Labute approximate surface area is 92.4 Å². The van der Waals surface area contributed by atoms with Crippen molar-refractivity contribution in [2.45, 2.75) is 38.8 Å². The summed E-state index contributed by atoms with van der Waals surface area (Å²) in [7, 11) is 2.01. The molecule has 1 amide bonds. The summed E-state index contributed by atoms with van der Waals surface area (Å²) in [6.45, 7) is 6.30. The second kappa shape index (κ2) is 5.47. The summed E-state index contributed by atoms with van der Waals surface area (Å²) in [5.41, 5.74) is 5.58. The summed E-state index contributed by atoms with van der Waals surface area (Å²) in [5.74, 6) is 0.250. The predicted octanol–water partition coefficient (Wildman–Crippen LogP) is 0.276. The lowest BCUT2D eigenvalue weighted by molar-refractivity contribution is -0.140. The number of hydrogen-bond donors (Lipinski definition) is 1. The van der Waals surface area contributed by atoms with Gasteiger partial charge in [-0.15, -0.1) is 0 Å². The van der Waals surface area contributed by atoms with Crippen LogP contribution in [0, 0.1) is 0 Å². The number of nitrogens with two attached hydrogens (primary N) is 1. The van der Waals surface area contributed by atoms with Crippen molar-refractivity contribution in [2.24, 2.45) is 5.73 Å². The first-order chi connectivity index (χ1) is 7.10. The Balaban J connectivity index is 2.62. The number of rotatable bonds is 4. The minimum atomic E-state index is 0.250. The number of amides is 1. The molecule has 1 aliphatic rings. The molecule has 2 N–H and O–H groups in total. The van der Waals surface area contributed by atoms with Gasteiger partial charge in [0.25, 0.3) is 0 Å². The Hall–Kier alpha value is -0.610. The fourth-order valence-electron chi connectivity index (χ4n) is 2.05. The smallest absolute Gasteiger partial charge is 0.237 e. The van der Waals surface area contributed by atoms with Crippen LogP contribution in [0.3, 0.4) is 0 Å². The summed E-state index contributed by atoms with van der Waals surface area (Å²) in [4.78, 5) is 15.9. The lowest BCUT2D eigenvalue weighted by Crippen LogP contribution is -2.57. The molecule has 15 heavy (non-hydrogen) atoms. The summed E-state index contributed by atoms with van der Waals surface area (Å²) < 4.78 is 0. The van der Waals surface area contributed by atoms with Crippen molar-refractivity contribution in [3.8, 4) is 0 Å². The van der Waals surface area contributed by atoms with Crippen molar-refractivity contribution in [1.82, 2.24) is 9.80 Å². The van der Waals surface area contributed by atoms with Gasteiger partial charge in [0.1, 0.15) is 0 Å². The maximum absolute atomic E-state index is 11.8. The second-order valence-electron chi connectivity index (χ2n) is 4.45. The molecule has 2 atom stereocenters. The summed E-state index contributed by atoms with van der Waals surface area (Å²) >= 11 is 0. The van der Waals surface area contributed by atoms with Crippen LogP contribution in [0.5, 0.6) is 0 Å². The van der Waals surface area contributed by atoms with Gasteiger partial charge in [0.05, 0.1) is 6.54 Å². The third-order valence-corrected chi connectivity index (χ3v) is 3.36. The van der Waals surface area contributed by atoms with Gasteiger partial charge >= 0.3 is 0 Å². The number of piperazine rings is 1. The van der Waals surface area contributed by atoms with Gasteiger partial charge in [-0.05, 0) is 33.4 Å². The number of hydrogen-bond acceptors (Lipinski definition) is 3. The van der Waals surface area contributed by atoms with E-state index >= 15 is 0 Å². The van der Waals surface area contributed by atoms with Gasteiger partial charge in [-0.3, -0.25) is 9.69 Å². The average molecular weight is 213 g/mol. The van der Waals surface area contributed by atoms with E-state index in [4.69, 9.17) is 5.73 Å². The molecule has 0 aromatic rings. The third kappa shape index (κ3) is 2.92. The standard InChI is InChI=1S/C11H23N3O/c1-4-9(2)14-7-10(5-6-12)13(3)8-11(14)15/h9-10H,4-8,12H2,1-3H3. The lowest BCUT2D eigenvalue weighted by atomic mass is 10.1. The maximum atomic E-state index is 11.8. The molecular formula is C11H23N3O. The monoisotopic (exact) mass is 213 g/mol. The van der Waals surface area contributed by atoms with Gasteiger partial charge in [-0.1, -0.05) is 6.92 Å². The fourth-order valence-corrected chi connectivity index (χ4v) is 2.05. The van der Waals surface area contributed by atoms with E-state index in [0.717, 1.165) is 19.4 Å². The Morgan fingerprint density at radius 1 is 1.60 bits per heavy atom. The molecule has 0 saturated carbocycles. The average Bonchev–Trinajstić information content (AvgIpc) is 2.21. The van der Waals surface area contributed by atoms with Crippen molar-refractivity contribution in [2.75, 3.05) is 26.7 Å². The molecule has 1 rings (SSSR count). The van der Waals surface area contributed by atoms with Gasteiger partial charge in [0, 0.05) is 18.6 Å². The highest BCUT2D eigenvalue weighted by atomic mass is 16.2. The minimum absolute atomic E-state index is 0.250. The summed E-state index contributed by atoms with van der Waals surface area (Å²) in [6.07, 6.45) is 1.99. The molecule has 0 spiro atoms. The largest absolute Gasteiger partial charge is 0.337 e. The van der Waals surface area contributed by atoms with Crippen LogP contribution in [0.2, 0.25) is 0 Å². The highest BCUT2D eigenvalue weighted by Crippen LogP contribution is 2.15. The number of carbonyl (C=O) groups is 1. The highest BCUT2D eigenvalue weighted by molar-refractivity contribution is 5.79. The summed E-state index contributed by atoms with van der Waals surface area (Å²) in [5, 5.41) is 0. The van der Waals surface area contributed by atoms with E-state index in [1.165, 1.54) is 0 Å². The van der Waals surface area contributed by atoms with E-state index in [0.29, 0.717) is 25.2 Å². The molecule has 1 heterocycles. The molecule has 0 bridgehead atoms. The topological polar surface area (TPSA) is 49.6 Å². The first-order valence-corrected chi connectivity index (χ1v) is 5.79. The number of likely N-dealkylation sites (N-methyl/N-ethyl adjacent to an activating group) is 1. The van der Waals surface area contributed by atoms with Gasteiger partial charge in [0.15, 0.2) is 0 Å². The van der Waals surface area contributed by atoms with Gasteiger partial charge in [0.2, 0.25) is 5.91 Å². The first-order valence-electron chi connectivity index (χ1n) is 5.79. The zero-order chi connectivity index (χ0) is 11.4. The SMILES string of the molecule is CCC(C)N1CC(CCN)N(C)CC1=O. The molecular weight excluding hydrogens is 190 g/mol. The number of carbonyl (C=O) groups excluding carboxylic acids is 1. The van der Waals surface area contributed by atoms with E-state index in [9.17, 15) is 4.79 Å². The van der Waals surface area contributed by atoms with Gasteiger partial charge < -0.3 is 10.6 Å². The van der Waals surface area contributed by atoms with Crippen molar-refractivity contribution >= 4 is 5.91 Å². The molecule has 0 aliphatic carbocycles. The molecule has 0 radical (unpaired) electrons. The van der Waals surface area contributed by atoms with Crippen molar-refractivity contribution in [3.05, 3.63) is 0 Å². The molecule has 0 aromatic heterocycles. The summed E-state index contributed by atoms with van der Waals surface area (Å²) in [6, 6.07) is 0.785. The van der Waals surface area contributed by atoms with Crippen molar-refractivity contribution in [1.29, 1.82) is 0 Å². The maximum Gasteiger partial charge on any atom is 0.237 e. The van der Waals surface area contributed by atoms with Crippen LogP contribution in [-0.4, -0.2) is 54.5 Å². The highest BCUT2D eigenvalue weighted by Gasteiger charge is 2.31. The molecule has 4 heteroatoms. The molecule has 4 nitrogen and oxygen atoms in total. The van der Waals surface area contributed by atoms with Crippen LogP contribution in [0.1, 0.15) is 26.7 Å². The molecule has 1 saturated heterocycles. The fraction of sp³-hybridized carbons (Fsp3) is 0.909. The van der Waals surface area contributed by atoms with E-state index in [2.05, 4.69) is 18.7 Å². The second-order valence-corrected chi connectivity index (χ2v) is 4.45. The quantitative estimate of drug-likeness (QED) is 0.729. The molecule has 88 valence electrons. The molecule has 2 unspecified atom stereocenters. The molecule has 1 fully saturated rings. The van der Waals surface area contributed by atoms with Crippen LogP contribution in [0.15, 0.2) is 0 Å². The Morgan fingerprint density at radius 3 is 2.80 bits per heavy atom. The molecule has 0 aromatic carbocycles. The Morgan fingerprint density at radius 2 is 2.27 bits per heavy atom. The van der Waals surface area contributed by atoms with Gasteiger partial charge in [-0.25, -0.2) is 0 Å². The zero-order valence-electron chi connectivity index (χ0n) is 10.1. The lowest BCUT2D eigenvalue weighted by Gasteiger charge is -2.41. The first kappa shape index (κ1) is 12.5. The van der Waals surface area contributed by atoms with E-state index < -0.39 is 0 Å². The van der Waals surface area contributed by atoms with Crippen LogP contribution in [0.25, 0.3) is 0 Å². The normalized spacial score (nSPS) is 25.7. The van der Waals surface area contributed by atoms with Crippen LogP contribution in [-0.2, 0) is 4.79 Å².